The molecule has 1 aromatic rings. The number of amides is 1. The van der Waals surface area contributed by atoms with Gasteiger partial charge < -0.3 is 18.9 Å². The molecule has 1 atom stereocenters. The molecular formula is C15H23N3O4. The molecule has 7 heteroatoms. The van der Waals surface area contributed by atoms with E-state index in [0.717, 1.165) is 49.7 Å². The third kappa shape index (κ3) is 3.31. The van der Waals surface area contributed by atoms with Gasteiger partial charge in [0.25, 0.3) is 5.91 Å². The van der Waals surface area contributed by atoms with E-state index in [0.29, 0.717) is 19.8 Å². The van der Waals surface area contributed by atoms with Crippen molar-refractivity contribution >= 4 is 5.91 Å². The van der Waals surface area contributed by atoms with E-state index in [1.807, 2.05) is 18.7 Å². The van der Waals surface area contributed by atoms with Crippen molar-refractivity contribution in [3.8, 4) is 0 Å². The SMILES string of the molecule is Cc1noc(C)c1CN1CCN(C(=O)C2COCCO2)CC1. The summed E-state index contributed by atoms with van der Waals surface area (Å²) in [5.74, 6) is 0.931. The molecule has 1 aromatic heterocycles. The molecule has 2 fully saturated rings. The molecule has 0 aliphatic carbocycles. The zero-order valence-electron chi connectivity index (χ0n) is 13.2. The van der Waals surface area contributed by atoms with Crippen molar-refractivity contribution in [2.45, 2.75) is 26.5 Å². The lowest BCUT2D eigenvalue weighted by molar-refractivity contribution is -0.159. The summed E-state index contributed by atoms with van der Waals surface area (Å²) in [4.78, 5) is 16.6. The Kier molecular flexibility index (Phi) is 4.75. The maximum atomic E-state index is 12.4. The van der Waals surface area contributed by atoms with Crippen LogP contribution in [0.5, 0.6) is 0 Å². The maximum Gasteiger partial charge on any atom is 0.254 e. The van der Waals surface area contributed by atoms with Gasteiger partial charge in [0, 0.05) is 38.3 Å². The van der Waals surface area contributed by atoms with E-state index in [1.165, 1.54) is 0 Å². The van der Waals surface area contributed by atoms with Crippen molar-refractivity contribution in [1.29, 1.82) is 0 Å². The topological polar surface area (TPSA) is 68.0 Å². The second-order valence-electron chi connectivity index (χ2n) is 5.84. The lowest BCUT2D eigenvalue weighted by atomic mass is 10.1. The van der Waals surface area contributed by atoms with Gasteiger partial charge in [-0.15, -0.1) is 0 Å². The van der Waals surface area contributed by atoms with E-state index < -0.39 is 6.10 Å². The van der Waals surface area contributed by atoms with Crippen LogP contribution in [0.3, 0.4) is 0 Å². The number of hydrogen-bond donors (Lipinski definition) is 0. The van der Waals surface area contributed by atoms with Crippen molar-refractivity contribution in [3.63, 3.8) is 0 Å². The van der Waals surface area contributed by atoms with Gasteiger partial charge >= 0.3 is 0 Å². The molecule has 1 amide bonds. The standard InChI is InChI=1S/C15H23N3O4/c1-11-13(12(2)22-16-11)9-17-3-5-18(6-4-17)15(19)14-10-20-7-8-21-14/h14H,3-10H2,1-2H3. The number of carbonyl (C=O) groups is 1. The van der Waals surface area contributed by atoms with Crippen LogP contribution in [-0.2, 0) is 20.8 Å². The van der Waals surface area contributed by atoms with Gasteiger partial charge in [0.1, 0.15) is 5.76 Å². The fourth-order valence-electron chi connectivity index (χ4n) is 2.91. The highest BCUT2D eigenvalue weighted by Crippen LogP contribution is 2.17. The Labute approximate surface area is 130 Å². The van der Waals surface area contributed by atoms with Crippen molar-refractivity contribution < 1.29 is 18.8 Å². The Morgan fingerprint density at radius 1 is 1.23 bits per heavy atom. The number of carbonyl (C=O) groups excluding carboxylic acids is 1. The predicted molar refractivity (Wildman–Crippen MR) is 78.4 cm³/mol. The van der Waals surface area contributed by atoms with Crippen LogP contribution in [0.25, 0.3) is 0 Å². The molecule has 122 valence electrons. The summed E-state index contributed by atoms with van der Waals surface area (Å²) in [6.45, 7) is 9.33. The summed E-state index contributed by atoms with van der Waals surface area (Å²) in [7, 11) is 0. The fourth-order valence-corrected chi connectivity index (χ4v) is 2.91. The summed E-state index contributed by atoms with van der Waals surface area (Å²) in [5.41, 5.74) is 2.10. The average molecular weight is 309 g/mol. The molecule has 0 radical (unpaired) electrons. The Hall–Kier alpha value is -1.44. The highest BCUT2D eigenvalue weighted by molar-refractivity contribution is 5.81. The minimum absolute atomic E-state index is 0.0525. The molecule has 3 heterocycles. The molecule has 2 saturated heterocycles. The van der Waals surface area contributed by atoms with Gasteiger partial charge in [0.2, 0.25) is 0 Å². The predicted octanol–water partition coefficient (Wildman–Crippen LogP) is 0.351. The van der Waals surface area contributed by atoms with Gasteiger partial charge in [-0.25, -0.2) is 0 Å². The van der Waals surface area contributed by atoms with Gasteiger partial charge in [0.15, 0.2) is 6.10 Å². The van der Waals surface area contributed by atoms with Crippen molar-refractivity contribution in [1.82, 2.24) is 15.0 Å². The van der Waals surface area contributed by atoms with Crippen LogP contribution < -0.4 is 0 Å². The first-order chi connectivity index (χ1) is 10.6. The van der Waals surface area contributed by atoms with Gasteiger partial charge in [-0.2, -0.15) is 0 Å². The summed E-state index contributed by atoms with van der Waals surface area (Å²) in [5, 5.41) is 3.99. The minimum Gasteiger partial charge on any atom is -0.376 e. The van der Waals surface area contributed by atoms with Gasteiger partial charge in [-0.05, 0) is 13.8 Å². The smallest absolute Gasteiger partial charge is 0.254 e. The molecule has 0 saturated carbocycles. The van der Waals surface area contributed by atoms with Crippen LogP contribution in [0.4, 0.5) is 0 Å². The quantitative estimate of drug-likeness (QED) is 0.803. The first-order valence-corrected chi connectivity index (χ1v) is 7.77. The van der Waals surface area contributed by atoms with Crippen LogP contribution in [0.1, 0.15) is 17.0 Å². The maximum absolute atomic E-state index is 12.4. The Bertz CT molecular complexity index is 497. The molecule has 0 aromatic carbocycles. The van der Waals surface area contributed by atoms with Gasteiger partial charge in [0.05, 0.1) is 25.5 Å². The normalized spacial score (nSPS) is 23.7. The number of aryl methyl sites for hydroxylation is 2. The third-order valence-corrected chi connectivity index (χ3v) is 4.34. The first-order valence-electron chi connectivity index (χ1n) is 7.77. The molecule has 0 spiro atoms. The fraction of sp³-hybridized carbons (Fsp3) is 0.733. The third-order valence-electron chi connectivity index (χ3n) is 4.34. The van der Waals surface area contributed by atoms with Crippen molar-refractivity contribution in [3.05, 3.63) is 17.0 Å². The van der Waals surface area contributed by atoms with E-state index in [1.54, 1.807) is 0 Å². The molecule has 3 rings (SSSR count). The van der Waals surface area contributed by atoms with Crippen LogP contribution in [0, 0.1) is 13.8 Å². The molecule has 22 heavy (non-hydrogen) atoms. The van der Waals surface area contributed by atoms with Gasteiger partial charge in [-0.1, -0.05) is 5.16 Å². The number of piperazine rings is 1. The number of rotatable bonds is 3. The Morgan fingerprint density at radius 2 is 2.00 bits per heavy atom. The number of aromatic nitrogens is 1. The van der Waals surface area contributed by atoms with E-state index in [2.05, 4.69) is 10.1 Å². The zero-order chi connectivity index (χ0) is 15.5. The summed E-state index contributed by atoms with van der Waals surface area (Å²) < 4.78 is 16.0. The average Bonchev–Trinajstić information content (AvgIpc) is 2.88. The highest BCUT2D eigenvalue weighted by atomic mass is 16.6. The second kappa shape index (κ2) is 6.76. The molecule has 2 aliphatic heterocycles. The highest BCUT2D eigenvalue weighted by Gasteiger charge is 2.30. The van der Waals surface area contributed by atoms with Crippen molar-refractivity contribution in [2.75, 3.05) is 46.0 Å². The Balaban J connectivity index is 1.51. The minimum atomic E-state index is -0.428. The summed E-state index contributed by atoms with van der Waals surface area (Å²) in [6.07, 6.45) is -0.428. The molecule has 0 bridgehead atoms. The summed E-state index contributed by atoms with van der Waals surface area (Å²) in [6, 6.07) is 0. The Morgan fingerprint density at radius 3 is 2.59 bits per heavy atom. The first kappa shape index (κ1) is 15.5. The molecule has 1 unspecified atom stereocenters. The van der Waals surface area contributed by atoms with Gasteiger partial charge in [-0.3, -0.25) is 9.69 Å². The van der Waals surface area contributed by atoms with Crippen molar-refractivity contribution in [2.24, 2.45) is 0 Å². The van der Waals surface area contributed by atoms with E-state index >= 15 is 0 Å². The second-order valence-corrected chi connectivity index (χ2v) is 5.84. The van der Waals surface area contributed by atoms with E-state index in [9.17, 15) is 4.79 Å². The van der Waals surface area contributed by atoms with Crippen LogP contribution in [0.2, 0.25) is 0 Å². The largest absolute Gasteiger partial charge is 0.376 e. The number of nitrogens with zero attached hydrogens (tertiary/aromatic N) is 3. The monoisotopic (exact) mass is 309 g/mol. The lowest BCUT2D eigenvalue weighted by Gasteiger charge is -2.36. The van der Waals surface area contributed by atoms with Crippen LogP contribution >= 0.6 is 0 Å². The molecule has 2 aliphatic rings. The molecular weight excluding hydrogens is 286 g/mol. The van der Waals surface area contributed by atoms with Crippen LogP contribution in [0.15, 0.2) is 4.52 Å². The van der Waals surface area contributed by atoms with Crippen LogP contribution in [-0.4, -0.2) is 73.0 Å². The number of hydrogen-bond acceptors (Lipinski definition) is 6. The summed E-state index contributed by atoms with van der Waals surface area (Å²) >= 11 is 0. The molecule has 7 nitrogen and oxygen atoms in total. The van der Waals surface area contributed by atoms with E-state index in [4.69, 9.17) is 14.0 Å². The zero-order valence-corrected chi connectivity index (χ0v) is 13.2. The number of ether oxygens (including phenoxy) is 2. The van der Waals surface area contributed by atoms with E-state index in [-0.39, 0.29) is 5.91 Å². The lowest BCUT2D eigenvalue weighted by Crippen LogP contribution is -2.53. The molecule has 0 N–H and O–H groups in total.